The van der Waals surface area contributed by atoms with Crippen LogP contribution in [-0.4, -0.2) is 47.2 Å². The molecular formula is C10H10NaO3. The number of benzene rings is 1. The Morgan fingerprint density at radius 3 is 2.71 bits per heavy atom. The molecule has 1 radical (unpaired) electrons. The van der Waals surface area contributed by atoms with Gasteiger partial charge >= 0.3 is 5.97 Å². The molecule has 0 bridgehead atoms. The summed E-state index contributed by atoms with van der Waals surface area (Å²) in [5, 5.41) is 9.25. The quantitative estimate of drug-likeness (QED) is 0.456. The molecule has 14 heavy (non-hydrogen) atoms. The van der Waals surface area contributed by atoms with E-state index in [1.165, 1.54) is 18.2 Å². The molecule has 0 saturated carbocycles. The molecule has 0 aliphatic carbocycles. The number of ether oxygens (including phenoxy) is 1. The molecule has 0 spiro atoms. The first-order chi connectivity index (χ1) is 6.25. The van der Waals surface area contributed by atoms with Crippen molar-refractivity contribution in [3.8, 4) is 5.75 Å². The number of rotatable bonds is 3. The van der Waals surface area contributed by atoms with Crippen LogP contribution in [0.4, 0.5) is 0 Å². The van der Waals surface area contributed by atoms with Crippen molar-refractivity contribution in [3.63, 3.8) is 0 Å². The van der Waals surface area contributed by atoms with Crippen molar-refractivity contribution < 1.29 is 14.6 Å². The fourth-order valence-electron chi connectivity index (χ4n) is 0.859. The van der Waals surface area contributed by atoms with Gasteiger partial charge in [0.15, 0.2) is 0 Å². The standard InChI is InChI=1S/C10H10O3.Na/c1-2-7-13-10(12)8-5-3-4-6-9(8)11;/h2-6,11H,1,7H2;. The van der Waals surface area contributed by atoms with Crippen molar-refractivity contribution in [1.29, 1.82) is 0 Å². The Labute approximate surface area is 105 Å². The van der Waals surface area contributed by atoms with Crippen LogP contribution in [0.2, 0.25) is 0 Å². The van der Waals surface area contributed by atoms with E-state index in [-0.39, 0.29) is 47.5 Å². The molecule has 0 atom stereocenters. The maximum atomic E-state index is 11.2. The van der Waals surface area contributed by atoms with Crippen LogP contribution in [0, 0.1) is 0 Å². The summed E-state index contributed by atoms with van der Waals surface area (Å²) in [6, 6.07) is 6.23. The average Bonchev–Trinajstić information content (AvgIpc) is 2.15. The number of hydrogen-bond acceptors (Lipinski definition) is 3. The summed E-state index contributed by atoms with van der Waals surface area (Å²) >= 11 is 0. The van der Waals surface area contributed by atoms with Crippen LogP contribution in [0.25, 0.3) is 0 Å². The molecule has 1 N–H and O–H groups in total. The largest absolute Gasteiger partial charge is 0.507 e. The van der Waals surface area contributed by atoms with E-state index in [9.17, 15) is 9.90 Å². The third-order valence-corrected chi connectivity index (χ3v) is 1.46. The molecule has 0 aromatic heterocycles. The second kappa shape index (κ2) is 6.65. The zero-order valence-corrected chi connectivity index (χ0v) is 10.1. The normalized spacial score (nSPS) is 8.57. The summed E-state index contributed by atoms with van der Waals surface area (Å²) in [7, 11) is 0. The van der Waals surface area contributed by atoms with Gasteiger partial charge in [0, 0.05) is 29.6 Å². The van der Waals surface area contributed by atoms with Crippen molar-refractivity contribution in [3.05, 3.63) is 42.5 Å². The summed E-state index contributed by atoms with van der Waals surface area (Å²) in [6.45, 7) is 3.56. The van der Waals surface area contributed by atoms with Crippen LogP contribution >= 0.6 is 0 Å². The second-order valence-electron chi connectivity index (χ2n) is 2.40. The molecule has 0 heterocycles. The molecule has 69 valence electrons. The van der Waals surface area contributed by atoms with Gasteiger partial charge in [0.2, 0.25) is 0 Å². The van der Waals surface area contributed by atoms with Crippen LogP contribution in [0.3, 0.4) is 0 Å². The maximum absolute atomic E-state index is 11.2. The van der Waals surface area contributed by atoms with Crippen molar-refractivity contribution in [2.45, 2.75) is 0 Å². The summed E-state index contributed by atoms with van der Waals surface area (Å²) in [4.78, 5) is 11.2. The van der Waals surface area contributed by atoms with Gasteiger partial charge in [-0.3, -0.25) is 0 Å². The van der Waals surface area contributed by atoms with E-state index in [0.717, 1.165) is 0 Å². The van der Waals surface area contributed by atoms with Crippen LogP contribution in [0.1, 0.15) is 10.4 Å². The Morgan fingerprint density at radius 1 is 1.50 bits per heavy atom. The molecule has 4 heteroatoms. The number of para-hydroxylation sites is 1. The first-order valence-electron chi connectivity index (χ1n) is 3.81. The van der Waals surface area contributed by atoms with E-state index in [1.807, 2.05) is 0 Å². The predicted molar refractivity (Wildman–Crippen MR) is 54.3 cm³/mol. The van der Waals surface area contributed by atoms with Gasteiger partial charge in [0.25, 0.3) is 0 Å². The number of carbonyl (C=O) groups is 1. The number of phenolic OH excluding ortho intramolecular Hbond substituents is 1. The smallest absolute Gasteiger partial charge is 0.342 e. The number of aromatic hydroxyl groups is 1. The Morgan fingerprint density at radius 2 is 2.14 bits per heavy atom. The third kappa shape index (κ3) is 3.54. The van der Waals surface area contributed by atoms with E-state index >= 15 is 0 Å². The fraction of sp³-hybridized carbons (Fsp3) is 0.100. The number of carbonyl (C=O) groups excluding carboxylic acids is 1. The minimum absolute atomic E-state index is 0. The Balaban J connectivity index is 0.00000169. The molecule has 0 aliphatic heterocycles. The van der Waals surface area contributed by atoms with Crippen LogP contribution in [0.5, 0.6) is 5.75 Å². The summed E-state index contributed by atoms with van der Waals surface area (Å²) in [6.07, 6.45) is 1.47. The van der Waals surface area contributed by atoms with Crippen LogP contribution in [-0.2, 0) is 4.74 Å². The Bertz CT molecular complexity index is 323. The molecule has 3 nitrogen and oxygen atoms in total. The summed E-state index contributed by atoms with van der Waals surface area (Å²) in [5.41, 5.74) is 0.171. The fourth-order valence-corrected chi connectivity index (χ4v) is 0.859. The SMILES string of the molecule is C=CCOC(=O)c1ccccc1O.[Na]. The van der Waals surface area contributed by atoms with Gasteiger partial charge < -0.3 is 9.84 Å². The minimum Gasteiger partial charge on any atom is -0.507 e. The van der Waals surface area contributed by atoms with Crippen LogP contribution in [0.15, 0.2) is 36.9 Å². The zero-order chi connectivity index (χ0) is 9.68. The van der Waals surface area contributed by atoms with Gasteiger partial charge in [0.1, 0.15) is 17.9 Å². The van der Waals surface area contributed by atoms with Crippen molar-refractivity contribution in [1.82, 2.24) is 0 Å². The van der Waals surface area contributed by atoms with E-state index in [4.69, 9.17) is 4.74 Å². The Hall–Kier alpha value is -0.770. The Kier molecular flexibility index (Phi) is 6.28. The molecule has 0 saturated heterocycles. The molecule has 0 amide bonds. The second-order valence-corrected chi connectivity index (χ2v) is 2.40. The number of hydrogen-bond donors (Lipinski definition) is 1. The van der Waals surface area contributed by atoms with Crippen molar-refractivity contribution in [2.75, 3.05) is 6.61 Å². The van der Waals surface area contributed by atoms with Gasteiger partial charge in [-0.05, 0) is 12.1 Å². The first-order valence-corrected chi connectivity index (χ1v) is 3.81. The van der Waals surface area contributed by atoms with E-state index < -0.39 is 5.97 Å². The average molecular weight is 201 g/mol. The molecule has 1 aromatic carbocycles. The van der Waals surface area contributed by atoms with Crippen LogP contribution < -0.4 is 0 Å². The van der Waals surface area contributed by atoms with Gasteiger partial charge in [-0.1, -0.05) is 24.8 Å². The summed E-state index contributed by atoms with van der Waals surface area (Å²) in [5.74, 6) is -0.616. The molecule has 0 unspecified atom stereocenters. The number of phenols is 1. The topological polar surface area (TPSA) is 46.5 Å². The first kappa shape index (κ1) is 13.2. The zero-order valence-electron chi connectivity index (χ0n) is 8.06. The van der Waals surface area contributed by atoms with Gasteiger partial charge in [-0.2, -0.15) is 0 Å². The van der Waals surface area contributed by atoms with Crippen molar-refractivity contribution in [2.24, 2.45) is 0 Å². The monoisotopic (exact) mass is 201 g/mol. The van der Waals surface area contributed by atoms with Crippen molar-refractivity contribution >= 4 is 35.5 Å². The van der Waals surface area contributed by atoms with E-state index in [2.05, 4.69) is 6.58 Å². The van der Waals surface area contributed by atoms with Gasteiger partial charge in [0.05, 0.1) is 0 Å². The molecule has 0 aliphatic rings. The molecule has 0 fully saturated rings. The number of esters is 1. The van der Waals surface area contributed by atoms with Gasteiger partial charge in [-0.15, -0.1) is 0 Å². The van der Waals surface area contributed by atoms with E-state index in [1.54, 1.807) is 12.1 Å². The minimum atomic E-state index is -0.544. The molecule has 1 aromatic rings. The molecule has 1 rings (SSSR count). The third-order valence-electron chi connectivity index (χ3n) is 1.46. The predicted octanol–water partition coefficient (Wildman–Crippen LogP) is 1.35. The molecular weight excluding hydrogens is 191 g/mol. The van der Waals surface area contributed by atoms with E-state index in [0.29, 0.717) is 0 Å². The maximum Gasteiger partial charge on any atom is 0.342 e. The summed E-state index contributed by atoms with van der Waals surface area (Å²) < 4.78 is 4.74. The van der Waals surface area contributed by atoms with Gasteiger partial charge in [-0.25, -0.2) is 4.79 Å².